The maximum atomic E-state index is 12.7. The van der Waals surface area contributed by atoms with Gasteiger partial charge >= 0.3 is 17.9 Å². The van der Waals surface area contributed by atoms with E-state index in [2.05, 4.69) is 62.5 Å². The SMILES string of the molecule is CC/C=C\C/C=C\C/C=C\CCCCCCCCCC(=O)OC(COC(=O)CCCCCCC/C=C\CCCC)COC(OCC[N+](C)(C)C)C(=O)O. The van der Waals surface area contributed by atoms with Crippen LogP contribution in [-0.2, 0) is 33.3 Å². The third kappa shape index (κ3) is 37.4. The molecule has 0 fully saturated rings. The molecule has 0 amide bonds. The molecule has 9 nitrogen and oxygen atoms in total. The van der Waals surface area contributed by atoms with Gasteiger partial charge in [0.2, 0.25) is 0 Å². The molecule has 0 aliphatic rings. The van der Waals surface area contributed by atoms with Crippen molar-refractivity contribution in [3.05, 3.63) is 48.6 Å². The van der Waals surface area contributed by atoms with Crippen LogP contribution in [0.2, 0.25) is 0 Å². The molecule has 9 heteroatoms. The highest BCUT2D eigenvalue weighted by Gasteiger charge is 2.25. The molecule has 2 unspecified atom stereocenters. The molecule has 0 heterocycles. The standard InChI is InChI=1S/C44H77NO8/c1-6-8-10-12-14-16-18-19-20-21-22-23-25-27-29-31-33-35-42(47)53-40(39-52-44(43(48)49)50-37-36-45(3,4)5)38-51-41(46)34-32-30-28-26-24-17-15-13-11-9-7-2/h8,10,13-16,19-20,40,44H,6-7,9,11-12,17-18,21-39H2,1-5H3/p+1/b10-8-,15-13-,16-14-,20-19-. The van der Waals surface area contributed by atoms with Gasteiger partial charge in [-0.1, -0.05) is 127 Å². The largest absolute Gasteiger partial charge is 0.477 e. The summed E-state index contributed by atoms with van der Waals surface area (Å²) in [4.78, 5) is 37.0. The second-order valence-corrected chi connectivity index (χ2v) is 14.9. The first-order valence-corrected chi connectivity index (χ1v) is 20.8. The normalized spacial score (nSPS) is 13.5. The predicted octanol–water partition coefficient (Wildman–Crippen LogP) is 10.4. The number of carboxylic acid groups (broad SMARTS) is 1. The average Bonchev–Trinajstić information content (AvgIpc) is 3.11. The highest BCUT2D eigenvalue weighted by atomic mass is 16.7. The first kappa shape index (κ1) is 50.2. The van der Waals surface area contributed by atoms with Crippen molar-refractivity contribution in [2.75, 3.05) is 47.5 Å². The van der Waals surface area contributed by atoms with Crippen LogP contribution in [0.15, 0.2) is 48.6 Å². The lowest BCUT2D eigenvalue weighted by Crippen LogP contribution is -2.40. The number of quaternary nitrogens is 1. The summed E-state index contributed by atoms with van der Waals surface area (Å²) in [6.07, 6.45) is 37.4. The highest BCUT2D eigenvalue weighted by molar-refractivity contribution is 5.71. The summed E-state index contributed by atoms with van der Waals surface area (Å²) in [5.74, 6) is -2.04. The fourth-order valence-corrected chi connectivity index (χ4v) is 5.30. The Kier molecular flexibility index (Phi) is 34.4. The zero-order chi connectivity index (χ0) is 39.3. The van der Waals surface area contributed by atoms with Crippen LogP contribution in [0.4, 0.5) is 0 Å². The van der Waals surface area contributed by atoms with Gasteiger partial charge in [-0.05, 0) is 64.2 Å². The molecule has 0 aromatic carbocycles. The molecule has 0 aliphatic carbocycles. The van der Waals surface area contributed by atoms with Gasteiger partial charge in [-0.15, -0.1) is 0 Å². The fraction of sp³-hybridized carbons (Fsp3) is 0.750. The van der Waals surface area contributed by atoms with Crippen LogP contribution in [0.1, 0.15) is 155 Å². The van der Waals surface area contributed by atoms with E-state index in [1.54, 1.807) is 0 Å². The Hall–Kier alpha value is -2.75. The van der Waals surface area contributed by atoms with E-state index in [1.165, 1.54) is 32.1 Å². The summed E-state index contributed by atoms with van der Waals surface area (Å²) in [6.45, 7) is 4.68. The minimum Gasteiger partial charge on any atom is -0.477 e. The number of carbonyl (C=O) groups is 3. The fourth-order valence-electron chi connectivity index (χ4n) is 5.30. The number of allylic oxidation sites excluding steroid dienone is 8. The number of rotatable bonds is 37. The molecule has 0 saturated heterocycles. The Bertz CT molecular complexity index is 1010. The Morgan fingerprint density at radius 1 is 0.585 bits per heavy atom. The predicted molar refractivity (Wildman–Crippen MR) is 217 cm³/mol. The second-order valence-electron chi connectivity index (χ2n) is 14.9. The van der Waals surface area contributed by atoms with Crippen molar-refractivity contribution in [1.82, 2.24) is 0 Å². The minimum atomic E-state index is -1.51. The molecule has 0 bridgehead atoms. The summed E-state index contributed by atoms with van der Waals surface area (Å²) in [5, 5.41) is 9.60. The minimum absolute atomic E-state index is 0.183. The van der Waals surface area contributed by atoms with Gasteiger partial charge in [0, 0.05) is 12.8 Å². The van der Waals surface area contributed by atoms with Crippen LogP contribution in [0, 0.1) is 0 Å². The highest BCUT2D eigenvalue weighted by Crippen LogP contribution is 2.13. The van der Waals surface area contributed by atoms with Gasteiger partial charge in [-0.2, -0.15) is 0 Å². The van der Waals surface area contributed by atoms with Crippen LogP contribution in [0.5, 0.6) is 0 Å². The zero-order valence-corrected chi connectivity index (χ0v) is 34.4. The Morgan fingerprint density at radius 2 is 1.08 bits per heavy atom. The number of hydrogen-bond acceptors (Lipinski definition) is 7. The number of carbonyl (C=O) groups excluding carboxylic acids is 2. The van der Waals surface area contributed by atoms with Gasteiger partial charge in [0.25, 0.3) is 6.29 Å². The molecule has 53 heavy (non-hydrogen) atoms. The number of ether oxygens (including phenoxy) is 4. The number of hydrogen-bond donors (Lipinski definition) is 1. The van der Waals surface area contributed by atoms with Crippen molar-refractivity contribution < 1.29 is 42.9 Å². The first-order chi connectivity index (χ1) is 25.6. The third-order valence-electron chi connectivity index (χ3n) is 8.57. The number of esters is 2. The van der Waals surface area contributed by atoms with Gasteiger partial charge in [0.1, 0.15) is 13.2 Å². The van der Waals surface area contributed by atoms with Crippen LogP contribution < -0.4 is 0 Å². The number of unbranched alkanes of at least 4 members (excludes halogenated alkanes) is 14. The van der Waals surface area contributed by atoms with Gasteiger partial charge < -0.3 is 28.5 Å². The van der Waals surface area contributed by atoms with Crippen molar-refractivity contribution in [3.63, 3.8) is 0 Å². The Balaban J connectivity index is 4.50. The number of aliphatic carboxylic acids is 1. The lowest BCUT2D eigenvalue weighted by molar-refractivity contribution is -0.870. The smallest absolute Gasteiger partial charge is 0.361 e. The van der Waals surface area contributed by atoms with E-state index in [0.717, 1.165) is 89.9 Å². The summed E-state index contributed by atoms with van der Waals surface area (Å²) >= 11 is 0. The van der Waals surface area contributed by atoms with Gasteiger partial charge in [-0.3, -0.25) is 9.59 Å². The lowest BCUT2D eigenvalue weighted by Gasteiger charge is -2.25. The van der Waals surface area contributed by atoms with Gasteiger partial charge in [0.15, 0.2) is 6.10 Å². The summed E-state index contributed by atoms with van der Waals surface area (Å²) < 4.78 is 22.6. The van der Waals surface area contributed by atoms with E-state index in [0.29, 0.717) is 17.4 Å². The summed E-state index contributed by atoms with van der Waals surface area (Å²) in [7, 11) is 5.94. The Labute approximate surface area is 323 Å². The first-order valence-electron chi connectivity index (χ1n) is 20.8. The van der Waals surface area contributed by atoms with E-state index in [1.807, 2.05) is 21.1 Å². The lowest BCUT2D eigenvalue weighted by atomic mass is 10.1. The van der Waals surface area contributed by atoms with Crippen molar-refractivity contribution in [2.24, 2.45) is 0 Å². The molecule has 0 spiro atoms. The molecular weight excluding hydrogens is 670 g/mol. The Morgan fingerprint density at radius 3 is 1.62 bits per heavy atom. The maximum Gasteiger partial charge on any atom is 0.361 e. The molecule has 0 radical (unpaired) electrons. The van der Waals surface area contributed by atoms with Crippen LogP contribution in [0.3, 0.4) is 0 Å². The van der Waals surface area contributed by atoms with Crippen molar-refractivity contribution in [1.29, 1.82) is 0 Å². The van der Waals surface area contributed by atoms with Gasteiger partial charge in [0.05, 0.1) is 34.4 Å². The molecule has 0 saturated carbocycles. The zero-order valence-electron chi connectivity index (χ0n) is 34.4. The quantitative estimate of drug-likeness (QED) is 0.0220. The number of nitrogens with zero attached hydrogens (tertiary/aromatic N) is 1. The molecule has 0 rings (SSSR count). The van der Waals surface area contributed by atoms with Crippen LogP contribution in [-0.4, -0.2) is 87.4 Å². The molecule has 0 aromatic rings. The van der Waals surface area contributed by atoms with Crippen LogP contribution >= 0.6 is 0 Å². The summed E-state index contributed by atoms with van der Waals surface area (Å²) in [6, 6.07) is 0. The number of likely N-dealkylation sites (N-methyl/N-ethyl adjacent to an activating group) is 1. The second kappa shape index (κ2) is 36.2. The average molecular weight is 749 g/mol. The van der Waals surface area contributed by atoms with E-state index >= 15 is 0 Å². The summed E-state index contributed by atoms with van der Waals surface area (Å²) in [5.41, 5.74) is 0. The molecule has 0 aromatic heterocycles. The maximum absolute atomic E-state index is 12.7. The van der Waals surface area contributed by atoms with E-state index in [-0.39, 0.29) is 38.6 Å². The topological polar surface area (TPSA) is 108 Å². The third-order valence-corrected chi connectivity index (χ3v) is 8.57. The van der Waals surface area contributed by atoms with Crippen molar-refractivity contribution >= 4 is 17.9 Å². The number of carboxylic acids is 1. The van der Waals surface area contributed by atoms with E-state index in [4.69, 9.17) is 18.9 Å². The molecule has 1 N–H and O–H groups in total. The molecule has 2 atom stereocenters. The van der Waals surface area contributed by atoms with E-state index < -0.39 is 24.3 Å². The molecule has 306 valence electrons. The monoisotopic (exact) mass is 749 g/mol. The van der Waals surface area contributed by atoms with Gasteiger partial charge in [-0.25, -0.2) is 4.79 Å². The molecule has 0 aliphatic heterocycles. The van der Waals surface area contributed by atoms with Crippen molar-refractivity contribution in [2.45, 2.75) is 167 Å². The van der Waals surface area contributed by atoms with Crippen molar-refractivity contribution in [3.8, 4) is 0 Å². The van der Waals surface area contributed by atoms with E-state index in [9.17, 15) is 19.5 Å². The van der Waals surface area contributed by atoms with Crippen LogP contribution in [0.25, 0.3) is 0 Å². The molecular formula is C44H78NO8+.